The van der Waals surface area contributed by atoms with Gasteiger partial charge < -0.3 is 5.11 Å². The van der Waals surface area contributed by atoms with Crippen LogP contribution >= 0.6 is 0 Å². The van der Waals surface area contributed by atoms with Gasteiger partial charge in [0.15, 0.2) is 0 Å². The molecule has 1 fully saturated rings. The minimum atomic E-state index is -0.926. The molecule has 1 aliphatic carbocycles. The fraction of sp³-hybridized carbons (Fsp3) is 0.600. The predicted molar refractivity (Wildman–Crippen MR) is 47.1 cm³/mol. The van der Waals surface area contributed by atoms with Crippen LogP contribution in [0, 0.1) is 11.8 Å². The first kappa shape index (κ1) is 10.0. The predicted octanol–water partition coefficient (Wildman–Crippen LogP) is 2.17. The smallest absolute Gasteiger partial charge is 0.306 e. The first-order valence-corrected chi connectivity index (χ1v) is 4.38. The lowest BCUT2D eigenvalue weighted by Crippen LogP contribution is -2.28. The van der Waals surface area contributed by atoms with Gasteiger partial charge >= 0.3 is 5.97 Å². The van der Waals surface area contributed by atoms with Crippen LogP contribution in [0.1, 0.15) is 19.3 Å². The van der Waals surface area contributed by atoms with Gasteiger partial charge in [-0.25, -0.2) is 4.39 Å². The molecule has 1 saturated carbocycles. The lowest BCUT2D eigenvalue weighted by molar-refractivity contribution is -0.143. The molecule has 1 rings (SSSR count). The van der Waals surface area contributed by atoms with E-state index in [9.17, 15) is 9.18 Å². The summed E-state index contributed by atoms with van der Waals surface area (Å²) in [5.74, 6) is -1.54. The van der Waals surface area contributed by atoms with E-state index in [0.29, 0.717) is 19.3 Å². The van der Waals surface area contributed by atoms with Gasteiger partial charge in [0.05, 0.1) is 5.92 Å². The molecule has 3 heteroatoms. The van der Waals surface area contributed by atoms with Crippen molar-refractivity contribution in [2.75, 3.05) is 0 Å². The average Bonchev–Trinajstić information content (AvgIpc) is 2.08. The lowest BCUT2D eigenvalue weighted by atomic mass is 9.80. The van der Waals surface area contributed by atoms with Gasteiger partial charge in [0.25, 0.3) is 0 Å². The van der Waals surface area contributed by atoms with Crippen LogP contribution in [-0.4, -0.2) is 17.2 Å². The number of alkyl halides is 1. The van der Waals surface area contributed by atoms with Gasteiger partial charge in [0.1, 0.15) is 6.17 Å². The third kappa shape index (κ3) is 2.43. The van der Waals surface area contributed by atoms with E-state index in [1.807, 2.05) is 0 Å². The molecular weight excluding hydrogens is 171 g/mol. The lowest BCUT2D eigenvalue weighted by Gasteiger charge is -2.27. The van der Waals surface area contributed by atoms with Gasteiger partial charge in [-0.3, -0.25) is 4.79 Å². The Hall–Kier alpha value is -1.08. The Morgan fingerprint density at radius 2 is 2.31 bits per heavy atom. The summed E-state index contributed by atoms with van der Waals surface area (Å²) in [6, 6.07) is 0. The Kier molecular flexibility index (Phi) is 3.26. The van der Waals surface area contributed by atoms with Crippen molar-refractivity contribution in [3.63, 3.8) is 0 Å². The molecule has 72 valence electrons. The molecule has 3 atom stereocenters. The summed E-state index contributed by atoms with van der Waals surface area (Å²) in [6.07, 6.45) is 1.76. The number of rotatable bonds is 2. The highest BCUT2D eigenvalue weighted by atomic mass is 19.1. The van der Waals surface area contributed by atoms with Crippen LogP contribution in [0.5, 0.6) is 0 Å². The summed E-state index contributed by atoms with van der Waals surface area (Å²) < 4.78 is 13.2. The van der Waals surface area contributed by atoms with E-state index in [0.717, 1.165) is 0 Å². The quantitative estimate of drug-likeness (QED) is 0.668. The van der Waals surface area contributed by atoms with Crippen LogP contribution in [0.4, 0.5) is 4.39 Å². The number of carboxylic acid groups (broad SMARTS) is 1. The maximum absolute atomic E-state index is 13.2. The van der Waals surface area contributed by atoms with E-state index in [1.165, 1.54) is 0 Å². The Morgan fingerprint density at radius 3 is 2.85 bits per heavy atom. The standard InChI is InChI=1S/C10H13FO2/c1-2-3-7-6-8(10(12)13)4-5-9(7)11/h3,7-9H,1,4-6H2,(H,12,13). The molecule has 0 aliphatic heterocycles. The molecule has 0 radical (unpaired) electrons. The minimum absolute atomic E-state index is 0.313. The van der Waals surface area contributed by atoms with Crippen molar-refractivity contribution in [1.82, 2.24) is 0 Å². The summed E-state index contributed by atoms with van der Waals surface area (Å²) in [7, 11) is 0. The number of hydrogen-bond donors (Lipinski definition) is 1. The van der Waals surface area contributed by atoms with Crippen LogP contribution in [0.25, 0.3) is 0 Å². The van der Waals surface area contributed by atoms with Crippen molar-refractivity contribution in [3.8, 4) is 0 Å². The largest absolute Gasteiger partial charge is 0.481 e. The molecule has 0 aromatic heterocycles. The fourth-order valence-corrected chi connectivity index (χ4v) is 1.72. The summed E-state index contributed by atoms with van der Waals surface area (Å²) in [6.45, 7) is 3.36. The second-order valence-corrected chi connectivity index (χ2v) is 3.40. The highest BCUT2D eigenvalue weighted by Crippen LogP contribution is 2.32. The van der Waals surface area contributed by atoms with Crippen molar-refractivity contribution in [3.05, 3.63) is 18.4 Å². The van der Waals surface area contributed by atoms with Crippen LogP contribution in [0.3, 0.4) is 0 Å². The molecular formula is C10H13FO2. The first-order chi connectivity index (χ1) is 6.15. The van der Waals surface area contributed by atoms with Gasteiger partial charge in [0.2, 0.25) is 0 Å². The molecule has 2 nitrogen and oxygen atoms in total. The highest BCUT2D eigenvalue weighted by molar-refractivity contribution is 5.70. The molecule has 13 heavy (non-hydrogen) atoms. The number of hydrogen-bond acceptors (Lipinski definition) is 1. The van der Waals surface area contributed by atoms with Crippen molar-refractivity contribution in [2.45, 2.75) is 25.4 Å². The van der Waals surface area contributed by atoms with E-state index in [1.54, 1.807) is 6.08 Å². The third-order valence-corrected chi connectivity index (χ3v) is 2.49. The molecule has 1 aliphatic rings. The van der Waals surface area contributed by atoms with Crippen molar-refractivity contribution >= 4 is 5.97 Å². The van der Waals surface area contributed by atoms with Crippen molar-refractivity contribution in [2.24, 2.45) is 11.8 Å². The summed E-state index contributed by atoms with van der Waals surface area (Å²) >= 11 is 0. The Labute approximate surface area is 76.8 Å². The molecule has 0 bridgehead atoms. The highest BCUT2D eigenvalue weighted by Gasteiger charge is 2.32. The van der Waals surface area contributed by atoms with E-state index in [2.05, 4.69) is 12.3 Å². The summed E-state index contributed by atoms with van der Waals surface area (Å²) in [4.78, 5) is 10.6. The molecule has 1 N–H and O–H groups in total. The van der Waals surface area contributed by atoms with Crippen LogP contribution in [0.2, 0.25) is 0 Å². The van der Waals surface area contributed by atoms with Gasteiger partial charge in [0, 0.05) is 5.92 Å². The van der Waals surface area contributed by atoms with Crippen molar-refractivity contribution in [1.29, 1.82) is 0 Å². The second-order valence-electron chi connectivity index (χ2n) is 3.40. The maximum atomic E-state index is 13.2. The summed E-state index contributed by atoms with van der Waals surface area (Å²) in [5, 5.41) is 8.74. The average molecular weight is 184 g/mol. The number of carbonyl (C=O) groups is 1. The molecule has 0 heterocycles. The second kappa shape index (κ2) is 4.24. The molecule has 0 amide bonds. The van der Waals surface area contributed by atoms with Gasteiger partial charge in [-0.15, -0.1) is 5.73 Å². The molecule has 0 saturated heterocycles. The zero-order valence-electron chi connectivity index (χ0n) is 7.37. The van der Waals surface area contributed by atoms with E-state index in [-0.39, 0.29) is 5.92 Å². The van der Waals surface area contributed by atoms with E-state index >= 15 is 0 Å². The topological polar surface area (TPSA) is 37.3 Å². The van der Waals surface area contributed by atoms with Crippen LogP contribution < -0.4 is 0 Å². The fourth-order valence-electron chi connectivity index (χ4n) is 1.72. The maximum Gasteiger partial charge on any atom is 0.306 e. The number of allylic oxidation sites excluding steroid dienone is 1. The van der Waals surface area contributed by atoms with E-state index in [4.69, 9.17) is 5.11 Å². The number of carboxylic acids is 1. The minimum Gasteiger partial charge on any atom is -0.481 e. The van der Waals surface area contributed by atoms with Gasteiger partial charge in [-0.1, -0.05) is 6.58 Å². The normalized spacial score (nSPS) is 33.5. The number of halogens is 1. The van der Waals surface area contributed by atoms with Gasteiger partial charge in [-0.2, -0.15) is 0 Å². The number of aliphatic carboxylic acids is 1. The molecule has 3 unspecified atom stereocenters. The van der Waals surface area contributed by atoms with Gasteiger partial charge in [-0.05, 0) is 25.3 Å². The third-order valence-electron chi connectivity index (χ3n) is 2.49. The molecule has 0 aromatic carbocycles. The Balaban J connectivity index is 2.62. The Morgan fingerprint density at radius 1 is 1.62 bits per heavy atom. The molecule has 0 spiro atoms. The molecule has 0 aromatic rings. The van der Waals surface area contributed by atoms with Crippen LogP contribution in [0.15, 0.2) is 18.4 Å². The van der Waals surface area contributed by atoms with Crippen LogP contribution in [-0.2, 0) is 4.79 Å². The Bertz CT molecular complexity index is 243. The summed E-state index contributed by atoms with van der Waals surface area (Å²) in [5.41, 5.74) is 2.52. The zero-order valence-corrected chi connectivity index (χ0v) is 7.37. The van der Waals surface area contributed by atoms with E-state index < -0.39 is 18.1 Å². The first-order valence-electron chi connectivity index (χ1n) is 4.38. The van der Waals surface area contributed by atoms with Crippen molar-refractivity contribution < 1.29 is 14.3 Å². The SMILES string of the molecule is C=C=CC1CC(C(=O)O)CCC1F. The zero-order chi connectivity index (χ0) is 9.84. The monoisotopic (exact) mass is 184 g/mol.